The van der Waals surface area contributed by atoms with Crippen molar-refractivity contribution < 1.29 is 0 Å². The first-order chi connectivity index (χ1) is 10.7. The summed E-state index contributed by atoms with van der Waals surface area (Å²) >= 11 is 0. The van der Waals surface area contributed by atoms with Gasteiger partial charge >= 0.3 is 0 Å². The highest BCUT2D eigenvalue weighted by atomic mass is 15.1. The molecule has 0 spiro atoms. The fraction of sp³-hybridized carbons (Fsp3) is 0.300. The third-order valence-corrected chi connectivity index (χ3v) is 4.50. The highest BCUT2D eigenvalue weighted by Crippen LogP contribution is 2.35. The summed E-state index contributed by atoms with van der Waals surface area (Å²) in [5.41, 5.74) is 7.74. The summed E-state index contributed by atoms with van der Waals surface area (Å²) in [6, 6.07) is 15.4. The summed E-state index contributed by atoms with van der Waals surface area (Å²) in [6.45, 7) is 10.9. The maximum Gasteiger partial charge on any atom is 0.0462 e. The van der Waals surface area contributed by atoms with Crippen molar-refractivity contribution in [1.82, 2.24) is 4.98 Å². The topological polar surface area (TPSA) is 19.0 Å². The monoisotopic (exact) mass is 292 g/mol. The zero-order valence-corrected chi connectivity index (χ0v) is 13.9. The summed E-state index contributed by atoms with van der Waals surface area (Å²) in [7, 11) is 0. The molecule has 0 radical (unpaired) electrons. The van der Waals surface area contributed by atoms with E-state index in [9.17, 15) is 0 Å². The van der Waals surface area contributed by atoms with Gasteiger partial charge in [0, 0.05) is 40.9 Å². The zero-order chi connectivity index (χ0) is 15.7. The van der Waals surface area contributed by atoms with Gasteiger partial charge in [-0.3, -0.25) is 0 Å². The molecule has 0 aliphatic heterocycles. The van der Waals surface area contributed by atoms with Crippen molar-refractivity contribution in [3.05, 3.63) is 53.7 Å². The molecule has 0 saturated heterocycles. The number of para-hydroxylation sites is 1. The minimum absolute atomic E-state index is 1.04. The average molecular weight is 292 g/mol. The number of aryl methyl sites for hydroxylation is 2. The summed E-state index contributed by atoms with van der Waals surface area (Å²) in [4.78, 5) is 5.89. The number of fused-ring (bicyclic) bond motifs is 1. The highest BCUT2D eigenvalue weighted by molar-refractivity contribution is 5.98. The van der Waals surface area contributed by atoms with Crippen molar-refractivity contribution in [3.8, 4) is 11.1 Å². The number of hydrogen-bond acceptors (Lipinski definition) is 1. The zero-order valence-electron chi connectivity index (χ0n) is 13.9. The Hall–Kier alpha value is -2.22. The van der Waals surface area contributed by atoms with Gasteiger partial charge in [-0.25, -0.2) is 0 Å². The Bertz CT molecular complexity index is 795. The van der Waals surface area contributed by atoms with Crippen LogP contribution in [-0.4, -0.2) is 18.1 Å². The van der Waals surface area contributed by atoms with Crippen molar-refractivity contribution in [2.75, 3.05) is 18.0 Å². The molecule has 3 aromatic rings. The van der Waals surface area contributed by atoms with Gasteiger partial charge in [-0.15, -0.1) is 0 Å². The number of anilines is 1. The third-order valence-electron chi connectivity index (χ3n) is 4.50. The van der Waals surface area contributed by atoms with Gasteiger partial charge in [-0.2, -0.15) is 0 Å². The van der Waals surface area contributed by atoms with E-state index in [0.29, 0.717) is 0 Å². The quantitative estimate of drug-likeness (QED) is 0.691. The fourth-order valence-electron chi connectivity index (χ4n) is 3.34. The van der Waals surface area contributed by atoms with E-state index in [4.69, 9.17) is 0 Å². The van der Waals surface area contributed by atoms with Crippen LogP contribution in [0.3, 0.4) is 0 Å². The Morgan fingerprint density at radius 2 is 1.68 bits per heavy atom. The lowest BCUT2D eigenvalue weighted by atomic mass is 9.97. The van der Waals surface area contributed by atoms with Crippen molar-refractivity contribution in [3.63, 3.8) is 0 Å². The van der Waals surface area contributed by atoms with Gasteiger partial charge in [-0.05, 0) is 57.0 Å². The van der Waals surface area contributed by atoms with Gasteiger partial charge in [0.25, 0.3) is 0 Å². The Kier molecular flexibility index (Phi) is 3.93. The van der Waals surface area contributed by atoms with E-state index < -0.39 is 0 Å². The molecule has 1 N–H and O–H groups in total. The molecule has 0 fully saturated rings. The van der Waals surface area contributed by atoms with E-state index in [-0.39, 0.29) is 0 Å². The van der Waals surface area contributed by atoms with Crippen molar-refractivity contribution >= 4 is 16.6 Å². The highest BCUT2D eigenvalue weighted by Gasteiger charge is 2.13. The first-order valence-corrected chi connectivity index (χ1v) is 8.09. The first-order valence-electron chi connectivity index (χ1n) is 8.09. The SMILES string of the molecule is CCN(CC)c1ccc(-c2c(C)[nH]c3ccccc23)c(C)c1. The Morgan fingerprint density at radius 1 is 0.955 bits per heavy atom. The number of aromatic amines is 1. The van der Waals surface area contributed by atoms with E-state index in [2.05, 4.69) is 80.0 Å². The summed E-state index contributed by atoms with van der Waals surface area (Å²) < 4.78 is 0. The molecule has 22 heavy (non-hydrogen) atoms. The summed E-state index contributed by atoms with van der Waals surface area (Å²) in [6.07, 6.45) is 0. The van der Waals surface area contributed by atoms with Crippen LogP contribution in [-0.2, 0) is 0 Å². The number of benzene rings is 2. The minimum Gasteiger partial charge on any atom is -0.372 e. The van der Waals surface area contributed by atoms with Crippen LogP contribution < -0.4 is 4.90 Å². The molecule has 2 nitrogen and oxygen atoms in total. The average Bonchev–Trinajstić information content (AvgIpc) is 2.85. The largest absolute Gasteiger partial charge is 0.372 e. The lowest BCUT2D eigenvalue weighted by Crippen LogP contribution is -2.21. The van der Waals surface area contributed by atoms with Crippen LogP contribution in [0.15, 0.2) is 42.5 Å². The molecule has 2 aromatic carbocycles. The molecule has 0 aliphatic carbocycles. The number of nitrogens with zero attached hydrogens (tertiary/aromatic N) is 1. The van der Waals surface area contributed by atoms with Gasteiger partial charge in [0.1, 0.15) is 0 Å². The molecule has 2 heteroatoms. The number of hydrogen-bond donors (Lipinski definition) is 1. The van der Waals surface area contributed by atoms with Crippen molar-refractivity contribution in [2.45, 2.75) is 27.7 Å². The second kappa shape index (κ2) is 5.88. The molecule has 0 unspecified atom stereocenters. The van der Waals surface area contributed by atoms with E-state index in [1.165, 1.54) is 39.0 Å². The molecule has 1 aromatic heterocycles. The van der Waals surface area contributed by atoms with E-state index in [0.717, 1.165) is 13.1 Å². The van der Waals surface area contributed by atoms with Crippen LogP contribution in [0.1, 0.15) is 25.1 Å². The third kappa shape index (κ3) is 2.39. The van der Waals surface area contributed by atoms with Crippen molar-refractivity contribution in [2.24, 2.45) is 0 Å². The van der Waals surface area contributed by atoms with Crippen LogP contribution in [0.25, 0.3) is 22.0 Å². The molecule has 114 valence electrons. The number of nitrogens with one attached hydrogen (secondary N) is 1. The lowest BCUT2D eigenvalue weighted by molar-refractivity contribution is 0.866. The maximum atomic E-state index is 3.50. The summed E-state index contributed by atoms with van der Waals surface area (Å²) in [5.74, 6) is 0. The van der Waals surface area contributed by atoms with E-state index in [1.54, 1.807) is 0 Å². The molecular formula is C20H24N2. The predicted molar refractivity (Wildman–Crippen MR) is 96.8 cm³/mol. The number of H-pyrrole nitrogens is 1. The molecule has 0 aliphatic rings. The second-order valence-corrected chi connectivity index (χ2v) is 5.84. The lowest BCUT2D eigenvalue weighted by Gasteiger charge is -2.22. The molecule has 1 heterocycles. The van der Waals surface area contributed by atoms with Crippen LogP contribution >= 0.6 is 0 Å². The molecule has 0 atom stereocenters. The van der Waals surface area contributed by atoms with E-state index in [1.807, 2.05) is 0 Å². The maximum absolute atomic E-state index is 3.50. The van der Waals surface area contributed by atoms with Gasteiger partial charge in [0.15, 0.2) is 0 Å². The molecule has 0 bridgehead atoms. The molecular weight excluding hydrogens is 268 g/mol. The van der Waals surface area contributed by atoms with Gasteiger partial charge in [0.2, 0.25) is 0 Å². The van der Waals surface area contributed by atoms with Crippen molar-refractivity contribution in [1.29, 1.82) is 0 Å². The summed E-state index contributed by atoms with van der Waals surface area (Å²) in [5, 5.41) is 1.30. The molecule has 0 saturated carbocycles. The fourth-order valence-corrected chi connectivity index (χ4v) is 3.34. The van der Waals surface area contributed by atoms with E-state index >= 15 is 0 Å². The number of rotatable bonds is 4. The van der Waals surface area contributed by atoms with Gasteiger partial charge in [-0.1, -0.05) is 24.3 Å². The minimum atomic E-state index is 1.04. The van der Waals surface area contributed by atoms with Gasteiger partial charge in [0.05, 0.1) is 0 Å². The van der Waals surface area contributed by atoms with Crippen LogP contribution in [0, 0.1) is 13.8 Å². The van der Waals surface area contributed by atoms with Crippen LogP contribution in [0.4, 0.5) is 5.69 Å². The predicted octanol–water partition coefficient (Wildman–Crippen LogP) is 5.30. The Balaban J connectivity index is 2.13. The second-order valence-electron chi connectivity index (χ2n) is 5.84. The number of aromatic nitrogens is 1. The van der Waals surface area contributed by atoms with Gasteiger partial charge < -0.3 is 9.88 Å². The molecule has 3 rings (SSSR count). The standard InChI is InChI=1S/C20H24N2/c1-5-22(6-2)16-11-12-17(14(3)13-16)20-15(4)21-19-10-8-7-9-18(19)20/h7-13,21H,5-6H2,1-4H3. The molecule has 0 amide bonds. The van der Waals surface area contributed by atoms with Crippen LogP contribution in [0.2, 0.25) is 0 Å². The smallest absolute Gasteiger partial charge is 0.0462 e. The Labute approximate surface area is 132 Å². The normalized spacial score (nSPS) is 11.1. The van der Waals surface area contributed by atoms with Crippen LogP contribution in [0.5, 0.6) is 0 Å². The Morgan fingerprint density at radius 3 is 2.36 bits per heavy atom. The first kappa shape index (κ1) is 14.7.